The van der Waals surface area contributed by atoms with Gasteiger partial charge in [0.2, 0.25) is 0 Å². The molecule has 0 aromatic heterocycles. The van der Waals surface area contributed by atoms with E-state index in [0.29, 0.717) is 6.17 Å². The maximum Gasteiger partial charge on any atom is 0.105 e. The first-order chi connectivity index (χ1) is 6.29. The molecule has 1 aliphatic rings. The fourth-order valence-corrected chi connectivity index (χ4v) is 1.66. The molecule has 1 unspecified atom stereocenters. The molecule has 68 valence electrons. The molecule has 2 nitrogen and oxygen atoms in total. The fraction of sp³-hybridized carbons (Fsp3) is 0.273. The summed E-state index contributed by atoms with van der Waals surface area (Å²) in [7, 11) is 4.15. The second-order valence-corrected chi connectivity index (χ2v) is 3.50. The average molecular weight is 174 g/mol. The van der Waals surface area contributed by atoms with Gasteiger partial charge in [0, 0.05) is 0 Å². The Morgan fingerprint density at radius 1 is 1.23 bits per heavy atom. The van der Waals surface area contributed by atoms with E-state index in [1.54, 1.807) is 0 Å². The zero-order valence-corrected chi connectivity index (χ0v) is 7.99. The lowest BCUT2D eigenvalue weighted by atomic mass is 10.0. The van der Waals surface area contributed by atoms with Crippen LogP contribution in [-0.2, 0) is 0 Å². The molecule has 2 heteroatoms. The van der Waals surface area contributed by atoms with Gasteiger partial charge in [-0.05, 0) is 37.5 Å². The van der Waals surface area contributed by atoms with E-state index in [4.69, 9.17) is 0 Å². The fourth-order valence-electron chi connectivity index (χ4n) is 1.66. The van der Waals surface area contributed by atoms with Gasteiger partial charge in [0.05, 0.1) is 0 Å². The predicted octanol–water partition coefficient (Wildman–Crippen LogP) is 1.82. The summed E-state index contributed by atoms with van der Waals surface area (Å²) in [5.41, 5.74) is 2.65. The first-order valence-corrected chi connectivity index (χ1v) is 4.47. The van der Waals surface area contributed by atoms with Gasteiger partial charge in [0.1, 0.15) is 6.17 Å². The lowest BCUT2D eigenvalue weighted by molar-refractivity contribution is 0.271. The highest BCUT2D eigenvalue weighted by atomic mass is 15.2. The molecule has 1 aromatic rings. The van der Waals surface area contributed by atoms with Crippen LogP contribution in [0.2, 0.25) is 0 Å². The summed E-state index contributed by atoms with van der Waals surface area (Å²) in [6, 6.07) is 8.46. The molecular formula is C11H14N2. The third-order valence-corrected chi connectivity index (χ3v) is 2.32. The first kappa shape index (κ1) is 8.32. The predicted molar refractivity (Wildman–Crippen MR) is 55.0 cm³/mol. The third-order valence-electron chi connectivity index (χ3n) is 2.32. The number of benzene rings is 1. The Labute approximate surface area is 78.9 Å². The molecule has 1 atom stereocenters. The summed E-state index contributed by atoms with van der Waals surface area (Å²) in [5, 5.41) is 3.32. The summed E-state index contributed by atoms with van der Waals surface area (Å²) in [6.07, 6.45) is 4.42. The van der Waals surface area contributed by atoms with Crippen molar-refractivity contribution in [2.75, 3.05) is 14.1 Å². The molecule has 1 N–H and O–H groups in total. The maximum atomic E-state index is 3.32. The lowest BCUT2D eigenvalue weighted by Crippen LogP contribution is -2.32. The summed E-state index contributed by atoms with van der Waals surface area (Å²) in [5.74, 6) is 0. The SMILES string of the molecule is CN(C)C1NC=Cc2ccccc21. The molecule has 13 heavy (non-hydrogen) atoms. The second kappa shape index (κ2) is 3.23. The van der Waals surface area contributed by atoms with Crippen molar-refractivity contribution in [3.8, 4) is 0 Å². The minimum Gasteiger partial charge on any atom is -0.372 e. The number of rotatable bonds is 1. The quantitative estimate of drug-likeness (QED) is 0.698. The Morgan fingerprint density at radius 3 is 2.77 bits per heavy atom. The second-order valence-electron chi connectivity index (χ2n) is 3.50. The van der Waals surface area contributed by atoms with Gasteiger partial charge in [-0.1, -0.05) is 24.3 Å². The molecule has 0 saturated carbocycles. The van der Waals surface area contributed by atoms with Gasteiger partial charge in [-0.25, -0.2) is 0 Å². The van der Waals surface area contributed by atoms with Crippen LogP contribution in [0.15, 0.2) is 30.5 Å². The van der Waals surface area contributed by atoms with Crippen LogP contribution in [0.4, 0.5) is 0 Å². The highest BCUT2D eigenvalue weighted by Gasteiger charge is 2.16. The van der Waals surface area contributed by atoms with Gasteiger partial charge in [-0.2, -0.15) is 0 Å². The van der Waals surface area contributed by atoms with Crippen LogP contribution in [0.3, 0.4) is 0 Å². The number of fused-ring (bicyclic) bond motifs is 1. The van der Waals surface area contributed by atoms with Crippen molar-refractivity contribution in [2.24, 2.45) is 0 Å². The van der Waals surface area contributed by atoms with E-state index in [2.05, 4.69) is 54.7 Å². The molecule has 0 saturated heterocycles. The van der Waals surface area contributed by atoms with E-state index >= 15 is 0 Å². The van der Waals surface area contributed by atoms with E-state index in [0.717, 1.165) is 0 Å². The van der Waals surface area contributed by atoms with Crippen molar-refractivity contribution in [1.29, 1.82) is 0 Å². The van der Waals surface area contributed by atoms with Gasteiger partial charge in [-0.3, -0.25) is 4.90 Å². The number of nitrogens with zero attached hydrogens (tertiary/aromatic N) is 1. The molecule has 0 bridgehead atoms. The monoisotopic (exact) mass is 174 g/mol. The van der Waals surface area contributed by atoms with Crippen LogP contribution in [0.1, 0.15) is 17.3 Å². The average Bonchev–Trinajstić information content (AvgIpc) is 2.17. The Kier molecular flexibility index (Phi) is 2.07. The van der Waals surface area contributed by atoms with E-state index < -0.39 is 0 Å². The molecule has 1 aliphatic heterocycles. The standard InChI is InChI=1S/C11H14N2/c1-13(2)11-10-6-4-3-5-9(10)7-8-12-11/h3-8,11-12H,1-2H3. The van der Waals surface area contributed by atoms with Crippen LogP contribution in [0.25, 0.3) is 6.08 Å². The minimum absolute atomic E-state index is 0.307. The summed E-state index contributed by atoms with van der Waals surface area (Å²) in [4.78, 5) is 2.17. The molecule has 0 spiro atoms. The van der Waals surface area contributed by atoms with Crippen molar-refractivity contribution < 1.29 is 0 Å². The Hall–Kier alpha value is -1.28. The van der Waals surface area contributed by atoms with E-state index in [1.807, 2.05) is 6.20 Å². The van der Waals surface area contributed by atoms with E-state index in [9.17, 15) is 0 Å². The van der Waals surface area contributed by atoms with Gasteiger partial charge < -0.3 is 5.32 Å². The smallest absolute Gasteiger partial charge is 0.105 e. The van der Waals surface area contributed by atoms with Crippen LogP contribution in [0, 0.1) is 0 Å². The Bertz CT molecular complexity index is 329. The number of nitrogens with one attached hydrogen (secondary N) is 1. The van der Waals surface area contributed by atoms with Crippen LogP contribution >= 0.6 is 0 Å². The van der Waals surface area contributed by atoms with Crippen molar-refractivity contribution in [3.63, 3.8) is 0 Å². The maximum absolute atomic E-state index is 3.32. The Balaban J connectivity index is 2.43. The largest absolute Gasteiger partial charge is 0.372 e. The summed E-state index contributed by atoms with van der Waals surface area (Å²) >= 11 is 0. The van der Waals surface area contributed by atoms with Gasteiger partial charge in [-0.15, -0.1) is 0 Å². The normalized spacial score (nSPS) is 19.8. The number of hydrogen-bond acceptors (Lipinski definition) is 2. The van der Waals surface area contributed by atoms with E-state index in [1.165, 1.54) is 11.1 Å². The lowest BCUT2D eigenvalue weighted by Gasteiger charge is -2.29. The van der Waals surface area contributed by atoms with Crippen molar-refractivity contribution in [2.45, 2.75) is 6.17 Å². The van der Waals surface area contributed by atoms with Crippen molar-refractivity contribution in [3.05, 3.63) is 41.6 Å². The minimum atomic E-state index is 0.307. The molecule has 1 aromatic carbocycles. The highest BCUT2D eigenvalue weighted by Crippen LogP contribution is 2.23. The van der Waals surface area contributed by atoms with Crippen molar-refractivity contribution >= 4 is 6.08 Å². The molecule has 0 fully saturated rings. The zero-order chi connectivity index (χ0) is 9.26. The summed E-state index contributed by atoms with van der Waals surface area (Å²) < 4.78 is 0. The third kappa shape index (κ3) is 1.45. The topological polar surface area (TPSA) is 15.3 Å². The molecule has 0 radical (unpaired) electrons. The Morgan fingerprint density at radius 2 is 2.00 bits per heavy atom. The van der Waals surface area contributed by atoms with Gasteiger partial charge >= 0.3 is 0 Å². The molecule has 2 rings (SSSR count). The van der Waals surface area contributed by atoms with Gasteiger partial charge in [0.25, 0.3) is 0 Å². The molecule has 1 heterocycles. The van der Waals surface area contributed by atoms with Crippen LogP contribution < -0.4 is 5.32 Å². The molecule has 0 amide bonds. The van der Waals surface area contributed by atoms with E-state index in [-0.39, 0.29) is 0 Å². The van der Waals surface area contributed by atoms with Gasteiger partial charge in [0.15, 0.2) is 0 Å². The first-order valence-electron chi connectivity index (χ1n) is 4.47. The molecular weight excluding hydrogens is 160 g/mol. The van der Waals surface area contributed by atoms with Crippen molar-refractivity contribution in [1.82, 2.24) is 10.2 Å². The summed E-state index contributed by atoms with van der Waals surface area (Å²) in [6.45, 7) is 0. The number of hydrogen-bond donors (Lipinski definition) is 1. The molecule has 0 aliphatic carbocycles. The highest BCUT2D eigenvalue weighted by molar-refractivity contribution is 5.56. The van der Waals surface area contributed by atoms with Crippen LogP contribution in [-0.4, -0.2) is 19.0 Å². The zero-order valence-electron chi connectivity index (χ0n) is 7.99. The van der Waals surface area contributed by atoms with Crippen LogP contribution in [0.5, 0.6) is 0 Å².